The molecule has 1 N–H and O–H groups in total. The van der Waals surface area contributed by atoms with E-state index in [1.807, 2.05) is 4.90 Å². The summed E-state index contributed by atoms with van der Waals surface area (Å²) in [5, 5.41) is 2.22. The number of halogens is 4. The van der Waals surface area contributed by atoms with Crippen molar-refractivity contribution in [2.75, 3.05) is 37.6 Å². The average Bonchev–Trinajstić information content (AvgIpc) is 2.71. The first-order valence-corrected chi connectivity index (χ1v) is 8.57. The van der Waals surface area contributed by atoms with Crippen molar-refractivity contribution >= 4 is 17.5 Å². The third kappa shape index (κ3) is 4.24. The van der Waals surface area contributed by atoms with Crippen LogP contribution in [0.1, 0.15) is 10.4 Å². The second kappa shape index (κ2) is 8.28. The molecule has 3 rings (SSSR count). The molecule has 1 fully saturated rings. The van der Waals surface area contributed by atoms with Crippen molar-refractivity contribution in [3.8, 4) is 0 Å². The molecule has 0 saturated carbocycles. The van der Waals surface area contributed by atoms with Gasteiger partial charge in [-0.3, -0.25) is 9.59 Å². The summed E-state index contributed by atoms with van der Waals surface area (Å²) in [7, 11) is 0. The lowest BCUT2D eigenvalue weighted by atomic mass is 10.2. The highest BCUT2D eigenvalue weighted by Gasteiger charge is 2.23. The number of benzene rings is 2. The quantitative estimate of drug-likeness (QED) is 0.639. The van der Waals surface area contributed by atoms with Crippen molar-refractivity contribution in [3.05, 3.63) is 65.2 Å². The number of anilines is 1. The van der Waals surface area contributed by atoms with Gasteiger partial charge in [-0.05, 0) is 36.4 Å². The van der Waals surface area contributed by atoms with Gasteiger partial charge in [0.15, 0.2) is 17.5 Å². The summed E-state index contributed by atoms with van der Waals surface area (Å²) < 4.78 is 52.7. The molecular formula is C19H17F4N3O2. The molecule has 1 aliphatic heterocycles. The van der Waals surface area contributed by atoms with Gasteiger partial charge in [-0.1, -0.05) is 0 Å². The summed E-state index contributed by atoms with van der Waals surface area (Å²) in [6.45, 7) is 1.46. The Hall–Kier alpha value is -3.10. The standard InChI is InChI=1S/C19H17F4N3O2/c20-12-1-3-13(4-2-12)25-7-9-26(10-8-25)16(27)11-24-19(28)14-5-6-15(21)18(23)17(14)22/h1-6H,7-11H2,(H,24,28). The molecule has 2 aromatic carbocycles. The van der Waals surface area contributed by atoms with E-state index in [0.29, 0.717) is 32.2 Å². The van der Waals surface area contributed by atoms with Crippen LogP contribution in [0.4, 0.5) is 23.2 Å². The number of nitrogens with one attached hydrogen (secondary N) is 1. The zero-order valence-corrected chi connectivity index (χ0v) is 14.7. The third-order valence-corrected chi connectivity index (χ3v) is 4.50. The Morgan fingerprint density at radius 2 is 1.50 bits per heavy atom. The molecule has 0 bridgehead atoms. The molecule has 0 unspecified atom stereocenters. The molecule has 1 saturated heterocycles. The summed E-state index contributed by atoms with van der Waals surface area (Å²) in [6.07, 6.45) is 0. The van der Waals surface area contributed by atoms with E-state index >= 15 is 0 Å². The monoisotopic (exact) mass is 395 g/mol. The fourth-order valence-electron chi connectivity index (χ4n) is 2.93. The summed E-state index contributed by atoms with van der Waals surface area (Å²) in [6, 6.07) is 7.49. The van der Waals surface area contributed by atoms with E-state index in [1.54, 1.807) is 12.1 Å². The molecule has 0 aromatic heterocycles. The fraction of sp³-hybridized carbons (Fsp3) is 0.263. The first-order valence-electron chi connectivity index (χ1n) is 8.57. The van der Waals surface area contributed by atoms with Crippen LogP contribution in [0.3, 0.4) is 0 Å². The van der Waals surface area contributed by atoms with Crippen molar-refractivity contribution in [1.82, 2.24) is 10.2 Å². The van der Waals surface area contributed by atoms with Gasteiger partial charge in [0, 0.05) is 31.9 Å². The van der Waals surface area contributed by atoms with Gasteiger partial charge < -0.3 is 15.1 Å². The number of hydrogen-bond acceptors (Lipinski definition) is 3. The smallest absolute Gasteiger partial charge is 0.254 e. The van der Waals surface area contributed by atoms with Crippen LogP contribution in [0.25, 0.3) is 0 Å². The zero-order chi connectivity index (χ0) is 20.3. The predicted octanol–water partition coefficient (Wildman–Crippen LogP) is 2.32. The Labute approximate surface area is 158 Å². The maximum Gasteiger partial charge on any atom is 0.254 e. The number of hydrogen-bond donors (Lipinski definition) is 1. The molecule has 0 radical (unpaired) electrons. The highest BCUT2D eigenvalue weighted by molar-refractivity contribution is 5.96. The Bertz CT molecular complexity index is 881. The van der Waals surface area contributed by atoms with Crippen molar-refractivity contribution in [1.29, 1.82) is 0 Å². The van der Waals surface area contributed by atoms with E-state index in [2.05, 4.69) is 5.32 Å². The molecule has 28 heavy (non-hydrogen) atoms. The van der Waals surface area contributed by atoms with Crippen LogP contribution >= 0.6 is 0 Å². The van der Waals surface area contributed by atoms with Gasteiger partial charge in [0.05, 0.1) is 12.1 Å². The molecule has 2 aromatic rings. The van der Waals surface area contributed by atoms with Crippen LogP contribution in [-0.4, -0.2) is 49.4 Å². The largest absolute Gasteiger partial charge is 0.368 e. The molecule has 2 amide bonds. The van der Waals surface area contributed by atoms with Crippen LogP contribution in [-0.2, 0) is 4.79 Å². The first-order chi connectivity index (χ1) is 13.4. The molecule has 0 aliphatic carbocycles. The topological polar surface area (TPSA) is 52.7 Å². The molecule has 1 aliphatic rings. The van der Waals surface area contributed by atoms with Crippen molar-refractivity contribution in [2.45, 2.75) is 0 Å². The number of piperazine rings is 1. The fourth-order valence-corrected chi connectivity index (χ4v) is 2.93. The summed E-state index contributed by atoms with van der Waals surface area (Å²) >= 11 is 0. The number of nitrogens with zero attached hydrogens (tertiary/aromatic N) is 2. The highest BCUT2D eigenvalue weighted by Crippen LogP contribution is 2.17. The Morgan fingerprint density at radius 3 is 2.14 bits per heavy atom. The number of carbonyl (C=O) groups excluding carboxylic acids is 2. The average molecular weight is 395 g/mol. The number of amides is 2. The van der Waals surface area contributed by atoms with E-state index in [4.69, 9.17) is 0 Å². The van der Waals surface area contributed by atoms with E-state index < -0.39 is 35.5 Å². The second-order valence-corrected chi connectivity index (χ2v) is 6.25. The Morgan fingerprint density at radius 1 is 0.857 bits per heavy atom. The second-order valence-electron chi connectivity index (χ2n) is 6.25. The lowest BCUT2D eigenvalue weighted by molar-refractivity contribution is -0.130. The summed E-state index contributed by atoms with van der Waals surface area (Å²) in [4.78, 5) is 27.7. The van der Waals surface area contributed by atoms with Crippen molar-refractivity contribution < 1.29 is 27.2 Å². The molecule has 0 atom stereocenters. The van der Waals surface area contributed by atoms with Gasteiger partial charge in [0.25, 0.3) is 5.91 Å². The normalized spacial score (nSPS) is 14.1. The number of carbonyl (C=O) groups is 2. The summed E-state index contributed by atoms with van der Waals surface area (Å²) in [5.41, 5.74) is 0.170. The van der Waals surface area contributed by atoms with Gasteiger partial charge in [-0.15, -0.1) is 0 Å². The van der Waals surface area contributed by atoms with Gasteiger partial charge in [0.1, 0.15) is 5.82 Å². The highest BCUT2D eigenvalue weighted by atomic mass is 19.2. The van der Waals surface area contributed by atoms with Gasteiger partial charge in [0.2, 0.25) is 5.91 Å². The predicted molar refractivity (Wildman–Crippen MR) is 93.8 cm³/mol. The molecule has 148 valence electrons. The lowest BCUT2D eigenvalue weighted by Crippen LogP contribution is -2.51. The van der Waals surface area contributed by atoms with Crippen LogP contribution in [0, 0.1) is 23.3 Å². The minimum Gasteiger partial charge on any atom is -0.368 e. The molecular weight excluding hydrogens is 378 g/mol. The van der Waals surface area contributed by atoms with E-state index in [1.165, 1.54) is 17.0 Å². The minimum atomic E-state index is -1.74. The Balaban J connectivity index is 1.51. The summed E-state index contributed by atoms with van der Waals surface area (Å²) in [5.74, 6) is -6.45. The minimum absolute atomic E-state index is 0.328. The van der Waals surface area contributed by atoms with Crippen molar-refractivity contribution in [3.63, 3.8) is 0 Å². The maximum absolute atomic E-state index is 13.6. The molecule has 5 nitrogen and oxygen atoms in total. The third-order valence-electron chi connectivity index (χ3n) is 4.50. The Kier molecular flexibility index (Phi) is 5.81. The lowest BCUT2D eigenvalue weighted by Gasteiger charge is -2.36. The van der Waals surface area contributed by atoms with Crippen molar-refractivity contribution in [2.24, 2.45) is 0 Å². The zero-order valence-electron chi connectivity index (χ0n) is 14.7. The van der Waals surface area contributed by atoms with E-state index in [0.717, 1.165) is 11.8 Å². The SMILES string of the molecule is O=C(NCC(=O)N1CCN(c2ccc(F)cc2)CC1)c1ccc(F)c(F)c1F. The van der Waals surface area contributed by atoms with Crippen LogP contribution in [0.5, 0.6) is 0 Å². The van der Waals surface area contributed by atoms with Gasteiger partial charge in [-0.2, -0.15) is 0 Å². The first kappa shape index (κ1) is 19.7. The van der Waals surface area contributed by atoms with E-state index in [9.17, 15) is 27.2 Å². The van der Waals surface area contributed by atoms with Crippen LogP contribution in [0.15, 0.2) is 36.4 Å². The molecule has 1 heterocycles. The molecule has 9 heteroatoms. The van der Waals surface area contributed by atoms with Gasteiger partial charge in [-0.25, -0.2) is 17.6 Å². The maximum atomic E-state index is 13.6. The van der Waals surface area contributed by atoms with Gasteiger partial charge >= 0.3 is 0 Å². The number of rotatable bonds is 4. The van der Waals surface area contributed by atoms with Crippen LogP contribution < -0.4 is 10.2 Å². The van der Waals surface area contributed by atoms with E-state index in [-0.39, 0.29) is 11.7 Å². The molecule has 0 spiro atoms. The van der Waals surface area contributed by atoms with Crippen LogP contribution in [0.2, 0.25) is 0 Å².